The molecule has 0 saturated carbocycles. The van der Waals surface area contributed by atoms with Gasteiger partial charge in [0.05, 0.1) is 12.8 Å². The molecule has 0 bridgehead atoms. The van der Waals surface area contributed by atoms with Crippen LogP contribution in [0.3, 0.4) is 0 Å². The first-order valence-corrected chi connectivity index (χ1v) is 9.64. The van der Waals surface area contributed by atoms with Gasteiger partial charge in [0.25, 0.3) is 0 Å². The Labute approximate surface area is 160 Å². The number of aromatic nitrogens is 2. The van der Waals surface area contributed by atoms with Crippen molar-refractivity contribution in [1.29, 1.82) is 0 Å². The molecule has 0 radical (unpaired) electrons. The summed E-state index contributed by atoms with van der Waals surface area (Å²) >= 11 is 0. The van der Waals surface area contributed by atoms with E-state index in [9.17, 15) is 4.79 Å². The van der Waals surface area contributed by atoms with Crippen molar-refractivity contribution < 1.29 is 9.53 Å². The second kappa shape index (κ2) is 8.84. The molecule has 3 rings (SSSR count). The van der Waals surface area contributed by atoms with Crippen molar-refractivity contribution in [2.45, 2.75) is 39.2 Å². The third-order valence-corrected chi connectivity index (χ3v) is 5.23. The third kappa shape index (κ3) is 4.76. The summed E-state index contributed by atoms with van der Waals surface area (Å²) in [5, 5.41) is 11.9. The molecule has 6 heteroatoms. The molecule has 1 aliphatic rings. The summed E-state index contributed by atoms with van der Waals surface area (Å²) in [7, 11) is 1.65. The minimum Gasteiger partial charge on any atom is -0.497 e. The monoisotopic (exact) mass is 368 g/mol. The summed E-state index contributed by atoms with van der Waals surface area (Å²) in [6, 6.07) is 12.0. The van der Waals surface area contributed by atoms with E-state index in [-0.39, 0.29) is 17.9 Å². The number of nitrogens with one attached hydrogen (secondary N) is 1. The first-order valence-electron chi connectivity index (χ1n) is 9.64. The first-order chi connectivity index (χ1) is 13.1. The molecule has 27 heavy (non-hydrogen) atoms. The van der Waals surface area contributed by atoms with Crippen molar-refractivity contribution in [2.24, 2.45) is 5.92 Å². The van der Waals surface area contributed by atoms with Gasteiger partial charge in [0, 0.05) is 30.6 Å². The van der Waals surface area contributed by atoms with E-state index in [2.05, 4.69) is 27.3 Å². The quantitative estimate of drug-likeness (QED) is 0.847. The van der Waals surface area contributed by atoms with E-state index in [0.29, 0.717) is 0 Å². The number of nitrogens with zero attached hydrogens (tertiary/aromatic N) is 3. The fourth-order valence-electron chi connectivity index (χ4n) is 3.24. The highest BCUT2D eigenvalue weighted by molar-refractivity contribution is 5.79. The van der Waals surface area contributed by atoms with E-state index in [0.717, 1.165) is 55.2 Å². The van der Waals surface area contributed by atoms with Crippen LogP contribution in [0.25, 0.3) is 11.3 Å². The van der Waals surface area contributed by atoms with Crippen LogP contribution in [0.15, 0.2) is 36.4 Å². The maximum absolute atomic E-state index is 12.3. The SMILES string of the molecule is CCC(C)NC(=O)C1CCN(c2ccc(-c3ccc(OC)cc3)nn2)CC1. The molecule has 1 saturated heterocycles. The fourth-order valence-corrected chi connectivity index (χ4v) is 3.24. The Morgan fingerprint density at radius 2 is 1.89 bits per heavy atom. The highest BCUT2D eigenvalue weighted by Gasteiger charge is 2.26. The van der Waals surface area contributed by atoms with Gasteiger partial charge in [-0.25, -0.2) is 0 Å². The molecule has 1 unspecified atom stereocenters. The topological polar surface area (TPSA) is 67.4 Å². The van der Waals surface area contributed by atoms with Crippen molar-refractivity contribution in [3.05, 3.63) is 36.4 Å². The van der Waals surface area contributed by atoms with Gasteiger partial charge >= 0.3 is 0 Å². The molecule has 0 spiro atoms. The van der Waals surface area contributed by atoms with Crippen LogP contribution >= 0.6 is 0 Å². The summed E-state index contributed by atoms with van der Waals surface area (Å²) in [6.07, 6.45) is 2.66. The third-order valence-electron chi connectivity index (χ3n) is 5.23. The Morgan fingerprint density at radius 1 is 1.19 bits per heavy atom. The zero-order chi connectivity index (χ0) is 19.2. The van der Waals surface area contributed by atoms with Crippen LogP contribution < -0.4 is 15.0 Å². The van der Waals surface area contributed by atoms with Crippen LogP contribution in [0.2, 0.25) is 0 Å². The number of benzene rings is 1. The molecular formula is C21H28N4O2. The smallest absolute Gasteiger partial charge is 0.223 e. The van der Waals surface area contributed by atoms with Crippen LogP contribution in [-0.2, 0) is 4.79 Å². The summed E-state index contributed by atoms with van der Waals surface area (Å²) < 4.78 is 5.19. The first kappa shape index (κ1) is 19.1. The van der Waals surface area contributed by atoms with E-state index < -0.39 is 0 Å². The van der Waals surface area contributed by atoms with Gasteiger partial charge in [0.15, 0.2) is 5.82 Å². The standard InChI is InChI=1S/C21H28N4O2/c1-4-15(2)22-21(26)17-11-13-25(14-12-17)20-10-9-19(23-24-20)16-5-7-18(27-3)8-6-16/h5-10,15,17H,4,11-14H2,1-3H3,(H,22,26). The van der Waals surface area contributed by atoms with E-state index in [1.807, 2.05) is 43.3 Å². The van der Waals surface area contributed by atoms with Gasteiger partial charge < -0.3 is 15.0 Å². The Hall–Kier alpha value is -2.63. The minimum absolute atomic E-state index is 0.0989. The van der Waals surface area contributed by atoms with Crippen LogP contribution in [0.4, 0.5) is 5.82 Å². The molecule has 144 valence electrons. The van der Waals surface area contributed by atoms with Crippen LogP contribution in [-0.4, -0.2) is 42.3 Å². The maximum atomic E-state index is 12.3. The summed E-state index contributed by atoms with van der Waals surface area (Å²) in [4.78, 5) is 14.5. The number of anilines is 1. The highest BCUT2D eigenvalue weighted by atomic mass is 16.5. The highest BCUT2D eigenvalue weighted by Crippen LogP contribution is 2.24. The van der Waals surface area contributed by atoms with Gasteiger partial charge in [-0.2, -0.15) is 0 Å². The van der Waals surface area contributed by atoms with Crippen LogP contribution in [0.1, 0.15) is 33.1 Å². The van der Waals surface area contributed by atoms with Crippen molar-refractivity contribution >= 4 is 11.7 Å². The zero-order valence-corrected chi connectivity index (χ0v) is 16.3. The lowest BCUT2D eigenvalue weighted by molar-refractivity contribution is -0.126. The van der Waals surface area contributed by atoms with Crippen molar-refractivity contribution in [1.82, 2.24) is 15.5 Å². The van der Waals surface area contributed by atoms with Gasteiger partial charge in [0.2, 0.25) is 5.91 Å². The van der Waals surface area contributed by atoms with E-state index in [1.54, 1.807) is 7.11 Å². The largest absolute Gasteiger partial charge is 0.497 e. The minimum atomic E-state index is 0.0989. The van der Waals surface area contributed by atoms with Gasteiger partial charge in [-0.05, 0) is 62.6 Å². The van der Waals surface area contributed by atoms with E-state index in [1.165, 1.54) is 0 Å². The molecule has 6 nitrogen and oxygen atoms in total. The number of methoxy groups -OCH3 is 1. The molecule has 0 aliphatic carbocycles. The predicted octanol–water partition coefficient (Wildman–Crippen LogP) is 3.28. The number of amides is 1. The number of carbonyl (C=O) groups is 1. The fraction of sp³-hybridized carbons (Fsp3) is 0.476. The lowest BCUT2D eigenvalue weighted by Crippen LogP contribution is -2.43. The van der Waals surface area contributed by atoms with Crippen molar-refractivity contribution in [3.63, 3.8) is 0 Å². The summed E-state index contributed by atoms with van der Waals surface area (Å²) in [6.45, 7) is 5.79. The predicted molar refractivity (Wildman–Crippen MR) is 107 cm³/mol. The van der Waals surface area contributed by atoms with Gasteiger partial charge in [-0.1, -0.05) is 6.92 Å². The number of piperidine rings is 1. The molecule has 2 aromatic rings. The Morgan fingerprint density at radius 3 is 2.44 bits per heavy atom. The lowest BCUT2D eigenvalue weighted by Gasteiger charge is -2.32. The number of carbonyl (C=O) groups excluding carboxylic acids is 1. The van der Waals surface area contributed by atoms with Crippen molar-refractivity contribution in [2.75, 3.05) is 25.1 Å². The summed E-state index contributed by atoms with van der Waals surface area (Å²) in [5.74, 6) is 1.98. The summed E-state index contributed by atoms with van der Waals surface area (Å²) in [5.41, 5.74) is 1.85. The van der Waals surface area contributed by atoms with E-state index in [4.69, 9.17) is 4.74 Å². The molecule has 1 atom stereocenters. The maximum Gasteiger partial charge on any atom is 0.223 e. The molecule has 1 aromatic carbocycles. The average molecular weight is 368 g/mol. The second-order valence-corrected chi connectivity index (χ2v) is 7.08. The molecule has 1 fully saturated rings. The molecule has 1 N–H and O–H groups in total. The molecule has 1 aliphatic heterocycles. The Bertz CT molecular complexity index is 738. The van der Waals surface area contributed by atoms with Gasteiger partial charge in [-0.15, -0.1) is 10.2 Å². The number of ether oxygens (including phenoxy) is 1. The Kier molecular flexibility index (Phi) is 6.27. The van der Waals surface area contributed by atoms with Crippen LogP contribution in [0.5, 0.6) is 5.75 Å². The number of hydrogen-bond acceptors (Lipinski definition) is 5. The van der Waals surface area contributed by atoms with Gasteiger partial charge in [0.1, 0.15) is 5.75 Å². The number of rotatable bonds is 6. The molecule has 1 aromatic heterocycles. The van der Waals surface area contributed by atoms with Crippen LogP contribution in [0, 0.1) is 5.92 Å². The van der Waals surface area contributed by atoms with Gasteiger partial charge in [-0.3, -0.25) is 4.79 Å². The second-order valence-electron chi connectivity index (χ2n) is 7.08. The molecular weight excluding hydrogens is 340 g/mol. The molecule has 2 heterocycles. The number of hydrogen-bond donors (Lipinski definition) is 1. The Balaban J connectivity index is 1.57. The zero-order valence-electron chi connectivity index (χ0n) is 16.3. The lowest BCUT2D eigenvalue weighted by atomic mass is 9.95. The van der Waals surface area contributed by atoms with Crippen molar-refractivity contribution in [3.8, 4) is 17.0 Å². The normalized spacial score (nSPS) is 16.0. The average Bonchev–Trinajstić information content (AvgIpc) is 2.74. The van der Waals surface area contributed by atoms with E-state index >= 15 is 0 Å². The molecule has 1 amide bonds.